The van der Waals surface area contributed by atoms with Gasteiger partial charge in [0.05, 0.1) is 5.52 Å². The third kappa shape index (κ3) is 3.88. The quantitative estimate of drug-likeness (QED) is 0.443. The van der Waals surface area contributed by atoms with Gasteiger partial charge in [0.1, 0.15) is 18.2 Å². The van der Waals surface area contributed by atoms with Crippen molar-refractivity contribution in [2.45, 2.75) is 44.6 Å². The Labute approximate surface area is 171 Å². The second kappa shape index (κ2) is 8.08. The molecule has 1 aliphatic rings. The van der Waals surface area contributed by atoms with Gasteiger partial charge in [0.2, 0.25) is 0 Å². The van der Waals surface area contributed by atoms with Gasteiger partial charge in [0, 0.05) is 11.8 Å². The zero-order valence-electron chi connectivity index (χ0n) is 16.5. The first-order valence-electron chi connectivity index (χ1n) is 10.5. The summed E-state index contributed by atoms with van der Waals surface area (Å²) in [5.41, 5.74) is 5.49. The van der Waals surface area contributed by atoms with Gasteiger partial charge in [-0.15, -0.1) is 0 Å². The van der Waals surface area contributed by atoms with Crippen molar-refractivity contribution in [3.8, 4) is 17.1 Å². The molecular weight excluding hydrogens is 358 g/mol. The minimum atomic E-state index is 0.569. The molecule has 0 saturated heterocycles. The minimum absolute atomic E-state index is 0.569. The number of nitrogens with zero attached hydrogens (tertiary/aromatic N) is 2. The van der Waals surface area contributed by atoms with Gasteiger partial charge in [-0.25, -0.2) is 9.97 Å². The van der Waals surface area contributed by atoms with Gasteiger partial charge in [-0.1, -0.05) is 49.6 Å². The Morgan fingerprint density at radius 2 is 1.69 bits per heavy atom. The normalized spacial score (nSPS) is 14.9. The van der Waals surface area contributed by atoms with Gasteiger partial charge >= 0.3 is 0 Å². The molecule has 0 atom stereocenters. The first kappa shape index (κ1) is 17.9. The summed E-state index contributed by atoms with van der Waals surface area (Å²) in [5, 5.41) is 0. The second-order valence-electron chi connectivity index (χ2n) is 7.82. The Kier molecular flexibility index (Phi) is 4.99. The highest BCUT2D eigenvalue weighted by Gasteiger charge is 2.20. The van der Waals surface area contributed by atoms with E-state index in [1.165, 1.54) is 37.7 Å². The number of aromatic nitrogens is 3. The monoisotopic (exact) mass is 383 g/mol. The Morgan fingerprint density at radius 1 is 0.897 bits per heavy atom. The molecule has 2 aromatic carbocycles. The van der Waals surface area contributed by atoms with Crippen molar-refractivity contribution in [3.63, 3.8) is 0 Å². The summed E-state index contributed by atoms with van der Waals surface area (Å²) in [6.07, 6.45) is 8.43. The number of aromatic amines is 1. The van der Waals surface area contributed by atoms with E-state index in [-0.39, 0.29) is 0 Å². The molecule has 4 nitrogen and oxygen atoms in total. The van der Waals surface area contributed by atoms with Crippen LogP contribution in [0.25, 0.3) is 22.6 Å². The number of hydrogen-bond acceptors (Lipinski definition) is 3. The number of nitrogens with one attached hydrogen (secondary N) is 1. The number of rotatable bonds is 5. The molecular formula is C25H25N3O. The van der Waals surface area contributed by atoms with Gasteiger partial charge in [0.25, 0.3) is 0 Å². The van der Waals surface area contributed by atoms with E-state index in [1.54, 1.807) is 0 Å². The molecule has 0 unspecified atom stereocenters. The molecule has 0 aliphatic heterocycles. The number of imidazole rings is 1. The smallest absolute Gasteiger partial charge is 0.178 e. The highest BCUT2D eigenvalue weighted by atomic mass is 16.5. The Bertz CT molecular complexity index is 1080. The molecule has 2 heterocycles. The lowest BCUT2D eigenvalue weighted by atomic mass is 9.84. The topological polar surface area (TPSA) is 50.8 Å². The fourth-order valence-corrected chi connectivity index (χ4v) is 4.27. The average Bonchev–Trinajstić information content (AvgIpc) is 3.24. The van der Waals surface area contributed by atoms with E-state index in [2.05, 4.69) is 40.3 Å². The molecule has 0 bridgehead atoms. The number of ether oxygens (including phenoxy) is 1. The average molecular weight is 383 g/mol. The second-order valence-corrected chi connectivity index (χ2v) is 7.82. The lowest BCUT2D eigenvalue weighted by molar-refractivity contribution is 0.306. The Balaban J connectivity index is 1.36. The van der Waals surface area contributed by atoms with E-state index < -0.39 is 0 Å². The Morgan fingerprint density at radius 3 is 2.48 bits per heavy atom. The first-order valence-corrected chi connectivity index (χ1v) is 10.5. The van der Waals surface area contributed by atoms with Crippen LogP contribution in [0.5, 0.6) is 5.75 Å². The zero-order valence-corrected chi connectivity index (χ0v) is 16.5. The molecule has 5 rings (SSSR count). The van der Waals surface area contributed by atoms with Crippen molar-refractivity contribution in [2.75, 3.05) is 0 Å². The van der Waals surface area contributed by atoms with E-state index in [1.807, 2.05) is 36.5 Å². The maximum absolute atomic E-state index is 5.90. The van der Waals surface area contributed by atoms with Gasteiger partial charge in [-0.3, -0.25) is 0 Å². The molecule has 1 aliphatic carbocycles. The van der Waals surface area contributed by atoms with Crippen LogP contribution in [0.1, 0.15) is 49.1 Å². The summed E-state index contributed by atoms with van der Waals surface area (Å²) in [7, 11) is 0. The molecule has 0 spiro atoms. The number of pyridine rings is 1. The van der Waals surface area contributed by atoms with Crippen molar-refractivity contribution in [3.05, 3.63) is 78.0 Å². The van der Waals surface area contributed by atoms with E-state index in [9.17, 15) is 0 Å². The van der Waals surface area contributed by atoms with E-state index in [0.29, 0.717) is 12.5 Å². The van der Waals surface area contributed by atoms with Crippen molar-refractivity contribution in [2.24, 2.45) is 0 Å². The zero-order chi connectivity index (χ0) is 19.5. The van der Waals surface area contributed by atoms with Gasteiger partial charge < -0.3 is 9.72 Å². The minimum Gasteiger partial charge on any atom is -0.489 e. The SMILES string of the molecule is c1ccc(COc2ccc(-c3nc4nccc(C5CCCCC5)c4[nH]3)cc2)cc1. The molecule has 146 valence electrons. The summed E-state index contributed by atoms with van der Waals surface area (Å²) < 4.78 is 5.90. The van der Waals surface area contributed by atoms with Crippen LogP contribution in [-0.4, -0.2) is 15.0 Å². The van der Waals surface area contributed by atoms with Crippen LogP contribution in [0.3, 0.4) is 0 Å². The molecule has 1 saturated carbocycles. The predicted octanol–water partition coefficient (Wildman–Crippen LogP) is 6.25. The number of fused-ring (bicyclic) bond motifs is 1. The third-order valence-electron chi connectivity index (χ3n) is 5.85. The fourth-order valence-electron chi connectivity index (χ4n) is 4.27. The van der Waals surface area contributed by atoms with Crippen LogP contribution in [-0.2, 0) is 6.61 Å². The maximum Gasteiger partial charge on any atom is 0.178 e. The van der Waals surface area contributed by atoms with Crippen LogP contribution in [0.4, 0.5) is 0 Å². The Hall–Kier alpha value is -3.14. The summed E-state index contributed by atoms with van der Waals surface area (Å²) in [6.45, 7) is 0.569. The van der Waals surface area contributed by atoms with Crippen LogP contribution in [0.2, 0.25) is 0 Å². The summed E-state index contributed by atoms with van der Waals surface area (Å²) in [4.78, 5) is 12.8. The highest BCUT2D eigenvalue weighted by Crippen LogP contribution is 2.36. The van der Waals surface area contributed by atoms with Crippen molar-refractivity contribution >= 4 is 11.2 Å². The third-order valence-corrected chi connectivity index (χ3v) is 5.85. The lowest BCUT2D eigenvalue weighted by Crippen LogP contribution is -2.05. The van der Waals surface area contributed by atoms with Crippen molar-refractivity contribution in [1.82, 2.24) is 15.0 Å². The number of H-pyrrole nitrogens is 1. The fraction of sp³-hybridized carbons (Fsp3) is 0.280. The van der Waals surface area contributed by atoms with Crippen LogP contribution in [0, 0.1) is 0 Å². The predicted molar refractivity (Wildman–Crippen MR) is 116 cm³/mol. The lowest BCUT2D eigenvalue weighted by Gasteiger charge is -2.22. The molecule has 0 radical (unpaired) electrons. The number of hydrogen-bond donors (Lipinski definition) is 1. The van der Waals surface area contributed by atoms with Crippen molar-refractivity contribution < 1.29 is 4.74 Å². The summed E-state index contributed by atoms with van der Waals surface area (Å²) >= 11 is 0. The standard InChI is InChI=1S/C25H25N3O/c1-3-7-18(8-4-1)17-29-21-13-11-20(12-14-21)24-27-23-22(15-16-26-25(23)28-24)19-9-5-2-6-10-19/h1,3-4,7-8,11-16,19H,2,5-6,9-10,17H2,(H,26,27,28). The van der Waals surface area contributed by atoms with Gasteiger partial charge in [0.15, 0.2) is 5.65 Å². The molecule has 1 N–H and O–H groups in total. The van der Waals surface area contributed by atoms with E-state index >= 15 is 0 Å². The van der Waals surface area contributed by atoms with E-state index in [0.717, 1.165) is 33.9 Å². The van der Waals surface area contributed by atoms with Crippen molar-refractivity contribution in [1.29, 1.82) is 0 Å². The highest BCUT2D eigenvalue weighted by molar-refractivity contribution is 5.79. The maximum atomic E-state index is 5.90. The molecule has 0 amide bonds. The molecule has 2 aromatic heterocycles. The van der Waals surface area contributed by atoms with Gasteiger partial charge in [-0.05, 0) is 60.2 Å². The van der Waals surface area contributed by atoms with Crippen LogP contribution < -0.4 is 4.74 Å². The molecule has 4 aromatic rings. The number of benzene rings is 2. The van der Waals surface area contributed by atoms with Crippen LogP contribution >= 0.6 is 0 Å². The van der Waals surface area contributed by atoms with E-state index in [4.69, 9.17) is 9.72 Å². The molecule has 4 heteroatoms. The molecule has 29 heavy (non-hydrogen) atoms. The molecule has 1 fully saturated rings. The summed E-state index contributed by atoms with van der Waals surface area (Å²) in [5.74, 6) is 2.34. The first-order chi connectivity index (χ1) is 14.4. The summed E-state index contributed by atoms with van der Waals surface area (Å²) in [6, 6.07) is 20.5. The van der Waals surface area contributed by atoms with Crippen LogP contribution in [0.15, 0.2) is 66.9 Å². The van der Waals surface area contributed by atoms with Gasteiger partial charge in [-0.2, -0.15) is 0 Å². The largest absolute Gasteiger partial charge is 0.489 e.